The average molecular weight is 411 g/mol. The molecule has 1 amide bonds. The Kier molecular flexibility index (Phi) is 5.22. The van der Waals surface area contributed by atoms with Gasteiger partial charge in [0.25, 0.3) is 5.91 Å². The monoisotopic (exact) mass is 411 g/mol. The van der Waals surface area contributed by atoms with Crippen LogP contribution in [0.25, 0.3) is 11.5 Å². The van der Waals surface area contributed by atoms with E-state index >= 15 is 0 Å². The van der Waals surface area contributed by atoms with Crippen molar-refractivity contribution >= 4 is 5.91 Å². The van der Waals surface area contributed by atoms with Crippen LogP contribution in [0.5, 0.6) is 0 Å². The van der Waals surface area contributed by atoms with Crippen LogP contribution in [-0.4, -0.2) is 37.3 Å². The molecule has 0 fully saturated rings. The molecule has 1 aliphatic rings. The zero-order valence-electron chi connectivity index (χ0n) is 16.9. The van der Waals surface area contributed by atoms with Gasteiger partial charge in [-0.1, -0.05) is 36.4 Å². The fraction of sp³-hybridized carbons (Fsp3) is 0.208. The van der Waals surface area contributed by atoms with Crippen molar-refractivity contribution < 1.29 is 9.21 Å². The maximum atomic E-state index is 12.9. The Bertz CT molecular complexity index is 1170. The number of benzene rings is 1. The van der Waals surface area contributed by atoms with Gasteiger partial charge in [-0.25, -0.2) is 15.0 Å². The topological polar surface area (TPSA) is 85.0 Å². The summed E-state index contributed by atoms with van der Waals surface area (Å²) in [5, 5.41) is 0. The van der Waals surface area contributed by atoms with Crippen molar-refractivity contribution in [3.63, 3.8) is 0 Å². The maximum Gasteiger partial charge on any atom is 0.257 e. The van der Waals surface area contributed by atoms with Crippen molar-refractivity contribution in [2.75, 3.05) is 6.54 Å². The molecule has 7 nitrogen and oxygen atoms in total. The van der Waals surface area contributed by atoms with Gasteiger partial charge in [-0.3, -0.25) is 9.78 Å². The molecule has 0 spiro atoms. The van der Waals surface area contributed by atoms with Crippen molar-refractivity contribution in [3.8, 4) is 11.5 Å². The minimum atomic E-state index is -0.105. The Balaban J connectivity index is 1.25. The van der Waals surface area contributed by atoms with E-state index < -0.39 is 0 Å². The van der Waals surface area contributed by atoms with Gasteiger partial charge in [0, 0.05) is 38.0 Å². The van der Waals surface area contributed by atoms with Crippen molar-refractivity contribution in [2.45, 2.75) is 25.8 Å². The lowest BCUT2D eigenvalue weighted by Crippen LogP contribution is -2.36. The molecule has 0 aliphatic carbocycles. The zero-order valence-corrected chi connectivity index (χ0v) is 16.9. The first-order chi connectivity index (χ1) is 15.3. The van der Waals surface area contributed by atoms with E-state index in [4.69, 9.17) is 4.42 Å². The smallest absolute Gasteiger partial charge is 0.257 e. The summed E-state index contributed by atoms with van der Waals surface area (Å²) in [6, 6.07) is 15.8. The van der Waals surface area contributed by atoms with Crippen molar-refractivity contribution in [3.05, 3.63) is 95.6 Å². The van der Waals surface area contributed by atoms with Gasteiger partial charge < -0.3 is 9.32 Å². The van der Waals surface area contributed by atoms with E-state index in [2.05, 4.69) is 32.1 Å². The van der Waals surface area contributed by atoms with Gasteiger partial charge >= 0.3 is 0 Å². The van der Waals surface area contributed by atoms with E-state index in [1.807, 2.05) is 36.4 Å². The average Bonchev–Trinajstić information content (AvgIpc) is 3.26. The Morgan fingerprint density at radius 2 is 1.77 bits per heavy atom. The molecule has 1 aromatic carbocycles. The number of carbonyl (C=O) groups excluding carboxylic acids is 1. The third-order valence-corrected chi connectivity index (χ3v) is 5.32. The van der Waals surface area contributed by atoms with Gasteiger partial charge in [-0.15, -0.1) is 0 Å². The molecule has 0 radical (unpaired) electrons. The number of rotatable bonds is 5. The second-order valence-electron chi connectivity index (χ2n) is 7.45. The Morgan fingerprint density at radius 3 is 2.55 bits per heavy atom. The second-order valence-corrected chi connectivity index (χ2v) is 7.45. The molecule has 31 heavy (non-hydrogen) atoms. The number of aryl methyl sites for hydroxylation is 2. The summed E-state index contributed by atoms with van der Waals surface area (Å²) in [4.78, 5) is 32.2. The largest absolute Gasteiger partial charge is 0.445 e. The Labute approximate surface area is 179 Å². The molecule has 7 heteroatoms. The number of hydrogen-bond acceptors (Lipinski definition) is 6. The van der Waals surface area contributed by atoms with Crippen LogP contribution in [0.4, 0.5) is 0 Å². The molecule has 0 N–H and O–H groups in total. The van der Waals surface area contributed by atoms with Gasteiger partial charge in [0.1, 0.15) is 17.1 Å². The lowest BCUT2D eigenvalue weighted by atomic mass is 10.1. The number of fused-ring (bicyclic) bond motifs is 1. The van der Waals surface area contributed by atoms with E-state index in [1.165, 1.54) is 5.56 Å². The van der Waals surface area contributed by atoms with Crippen LogP contribution in [-0.2, 0) is 25.8 Å². The van der Waals surface area contributed by atoms with Gasteiger partial charge in [-0.05, 0) is 24.1 Å². The van der Waals surface area contributed by atoms with Gasteiger partial charge in [-0.2, -0.15) is 0 Å². The number of amides is 1. The molecule has 0 saturated heterocycles. The van der Waals surface area contributed by atoms with Crippen molar-refractivity contribution in [2.24, 2.45) is 0 Å². The molecule has 4 aromatic rings. The normalized spacial score (nSPS) is 13.1. The molecule has 0 bridgehead atoms. The molecule has 0 saturated carbocycles. The zero-order chi connectivity index (χ0) is 21.0. The van der Waals surface area contributed by atoms with Crippen molar-refractivity contribution in [1.29, 1.82) is 0 Å². The Morgan fingerprint density at radius 1 is 0.968 bits per heavy atom. The molecule has 4 heterocycles. The van der Waals surface area contributed by atoms with Crippen LogP contribution < -0.4 is 0 Å². The van der Waals surface area contributed by atoms with Gasteiger partial charge in [0.05, 0.1) is 12.1 Å². The second kappa shape index (κ2) is 8.47. The maximum absolute atomic E-state index is 12.9. The number of nitrogens with zero attached hydrogens (tertiary/aromatic N) is 5. The highest BCUT2D eigenvalue weighted by atomic mass is 16.4. The Hall–Kier alpha value is -3.87. The summed E-state index contributed by atoms with van der Waals surface area (Å²) < 4.78 is 5.95. The highest BCUT2D eigenvalue weighted by Crippen LogP contribution is 2.22. The molecule has 5 rings (SSSR count). The predicted octanol–water partition coefficient (Wildman–Crippen LogP) is 3.51. The molecule has 0 unspecified atom stereocenters. The van der Waals surface area contributed by atoms with Crippen LogP contribution in [0.3, 0.4) is 0 Å². The fourth-order valence-electron chi connectivity index (χ4n) is 3.68. The molecule has 154 valence electrons. The van der Waals surface area contributed by atoms with Crippen molar-refractivity contribution in [1.82, 2.24) is 24.8 Å². The van der Waals surface area contributed by atoms with E-state index in [1.54, 1.807) is 23.5 Å². The van der Waals surface area contributed by atoms with E-state index in [0.717, 1.165) is 30.2 Å². The quantitative estimate of drug-likeness (QED) is 0.500. The standard InChI is InChI=1S/C24H21N5O2/c30-24(18-14-26-23(27-15-18)19-8-4-5-12-25-19)29-13-11-21-20(16-29)28-22(31-21)10-9-17-6-2-1-3-7-17/h1-8,12,14-15H,9-11,13,16H2. The van der Waals surface area contributed by atoms with Gasteiger partial charge in [0.2, 0.25) is 0 Å². The molecule has 1 aliphatic heterocycles. The van der Waals surface area contributed by atoms with E-state index in [-0.39, 0.29) is 5.91 Å². The predicted molar refractivity (Wildman–Crippen MR) is 114 cm³/mol. The first kappa shape index (κ1) is 19.1. The number of oxazole rings is 1. The lowest BCUT2D eigenvalue weighted by Gasteiger charge is -2.25. The molecular weight excluding hydrogens is 390 g/mol. The first-order valence-electron chi connectivity index (χ1n) is 10.3. The summed E-state index contributed by atoms with van der Waals surface area (Å²) in [5.41, 5.74) is 3.23. The number of carbonyl (C=O) groups is 1. The first-order valence-corrected chi connectivity index (χ1v) is 10.3. The highest BCUT2D eigenvalue weighted by Gasteiger charge is 2.26. The number of hydrogen-bond donors (Lipinski definition) is 0. The fourth-order valence-corrected chi connectivity index (χ4v) is 3.68. The summed E-state index contributed by atoms with van der Waals surface area (Å²) in [6.07, 6.45) is 7.09. The third-order valence-electron chi connectivity index (χ3n) is 5.32. The van der Waals surface area contributed by atoms with E-state index in [9.17, 15) is 4.79 Å². The highest BCUT2D eigenvalue weighted by molar-refractivity contribution is 5.93. The summed E-state index contributed by atoms with van der Waals surface area (Å²) in [5.74, 6) is 2.00. The van der Waals surface area contributed by atoms with Crippen LogP contribution in [0, 0.1) is 0 Å². The summed E-state index contributed by atoms with van der Waals surface area (Å²) >= 11 is 0. The van der Waals surface area contributed by atoms with Crippen LogP contribution in [0.1, 0.15) is 33.3 Å². The number of pyridine rings is 1. The summed E-state index contributed by atoms with van der Waals surface area (Å²) in [7, 11) is 0. The van der Waals surface area contributed by atoms with Crippen LogP contribution in [0.2, 0.25) is 0 Å². The minimum Gasteiger partial charge on any atom is -0.445 e. The number of aromatic nitrogens is 4. The minimum absolute atomic E-state index is 0.105. The molecular formula is C24H21N5O2. The molecule has 3 aromatic heterocycles. The van der Waals surface area contributed by atoms with E-state index in [0.29, 0.717) is 36.6 Å². The van der Waals surface area contributed by atoms with Crippen LogP contribution in [0.15, 0.2) is 71.5 Å². The van der Waals surface area contributed by atoms with Gasteiger partial charge in [0.15, 0.2) is 11.7 Å². The molecule has 0 atom stereocenters. The lowest BCUT2D eigenvalue weighted by molar-refractivity contribution is 0.0727. The SMILES string of the molecule is O=C(c1cnc(-c2ccccn2)nc1)N1CCc2oc(CCc3ccccc3)nc2C1. The summed E-state index contributed by atoms with van der Waals surface area (Å²) in [6.45, 7) is 1.02. The van der Waals surface area contributed by atoms with Crippen LogP contribution >= 0.6 is 0 Å². The third kappa shape index (κ3) is 4.21.